The van der Waals surface area contributed by atoms with Gasteiger partial charge in [-0.15, -0.1) is 0 Å². The number of rotatable bonds is 9. The van der Waals surface area contributed by atoms with Crippen LogP contribution in [0.5, 0.6) is 0 Å². The minimum absolute atomic E-state index is 0.189. The van der Waals surface area contributed by atoms with Crippen molar-refractivity contribution in [3.05, 3.63) is 41.2 Å². The predicted octanol–water partition coefficient (Wildman–Crippen LogP) is 2.56. The van der Waals surface area contributed by atoms with Crippen molar-refractivity contribution in [1.29, 1.82) is 0 Å². The van der Waals surface area contributed by atoms with Crippen LogP contribution < -0.4 is 10.6 Å². The Morgan fingerprint density at radius 2 is 1.77 bits per heavy atom. The van der Waals surface area contributed by atoms with Crippen LogP contribution in [-0.4, -0.2) is 48.9 Å². The molecule has 6 heteroatoms. The van der Waals surface area contributed by atoms with Crippen molar-refractivity contribution in [3.8, 4) is 0 Å². The lowest BCUT2D eigenvalue weighted by Gasteiger charge is -2.27. The van der Waals surface area contributed by atoms with E-state index in [2.05, 4.69) is 0 Å². The highest BCUT2D eigenvalue weighted by Crippen LogP contribution is 2.38. The van der Waals surface area contributed by atoms with Crippen molar-refractivity contribution >= 4 is 17.4 Å². The van der Waals surface area contributed by atoms with E-state index in [1.807, 2.05) is 43.3 Å². The molecule has 0 spiro atoms. The molecule has 1 heterocycles. The Bertz CT molecular complexity index is 680. The van der Waals surface area contributed by atoms with Crippen molar-refractivity contribution in [2.24, 2.45) is 5.73 Å². The molecule has 1 unspecified atom stereocenters. The maximum Gasteiger partial charge on any atom is 0.290 e. The first-order chi connectivity index (χ1) is 12.4. The Morgan fingerprint density at radius 3 is 2.31 bits per heavy atom. The standard InChI is InChI=1S/C20H29N3O3/c1-14(24)17-18(15-8-10-16(11-9-15)22(2)3)23(20(26)19(17)25)13-7-5-4-6-12-21/h8-11,18,25H,4-7,12-13,21H2,1-3H3. The minimum Gasteiger partial charge on any atom is -0.503 e. The van der Waals surface area contributed by atoms with Crippen molar-refractivity contribution in [2.75, 3.05) is 32.1 Å². The minimum atomic E-state index is -0.522. The van der Waals surface area contributed by atoms with Gasteiger partial charge in [0.15, 0.2) is 11.5 Å². The van der Waals surface area contributed by atoms with Crippen molar-refractivity contribution < 1.29 is 14.7 Å². The smallest absolute Gasteiger partial charge is 0.290 e. The van der Waals surface area contributed by atoms with Crippen molar-refractivity contribution in [3.63, 3.8) is 0 Å². The van der Waals surface area contributed by atoms with E-state index in [4.69, 9.17) is 5.73 Å². The Balaban J connectivity index is 2.25. The number of aliphatic hydroxyl groups excluding tert-OH is 1. The van der Waals surface area contributed by atoms with Crippen LogP contribution >= 0.6 is 0 Å². The molecule has 0 radical (unpaired) electrons. The summed E-state index contributed by atoms with van der Waals surface area (Å²) in [6.07, 6.45) is 3.76. The first-order valence-electron chi connectivity index (χ1n) is 9.10. The van der Waals surface area contributed by atoms with Crippen LogP contribution in [0.4, 0.5) is 5.69 Å². The summed E-state index contributed by atoms with van der Waals surface area (Å²) in [5, 5.41) is 10.3. The fourth-order valence-electron chi connectivity index (χ4n) is 3.33. The molecular weight excluding hydrogens is 330 g/mol. The second-order valence-electron chi connectivity index (χ2n) is 6.91. The van der Waals surface area contributed by atoms with Gasteiger partial charge in [-0.2, -0.15) is 0 Å². The first-order valence-corrected chi connectivity index (χ1v) is 9.10. The van der Waals surface area contributed by atoms with Gasteiger partial charge in [0, 0.05) is 26.3 Å². The van der Waals surface area contributed by atoms with E-state index in [1.54, 1.807) is 4.90 Å². The second kappa shape index (κ2) is 8.85. The predicted molar refractivity (Wildman–Crippen MR) is 103 cm³/mol. The van der Waals surface area contributed by atoms with Crippen LogP contribution in [0.2, 0.25) is 0 Å². The summed E-state index contributed by atoms with van der Waals surface area (Å²) >= 11 is 0. The average molecular weight is 359 g/mol. The van der Waals surface area contributed by atoms with Gasteiger partial charge < -0.3 is 20.6 Å². The molecule has 0 fully saturated rings. The van der Waals surface area contributed by atoms with E-state index >= 15 is 0 Å². The number of hydrogen-bond donors (Lipinski definition) is 2. The molecule has 1 aliphatic rings. The number of anilines is 1. The number of benzene rings is 1. The van der Waals surface area contributed by atoms with Gasteiger partial charge in [0.25, 0.3) is 5.91 Å². The number of carbonyl (C=O) groups is 2. The topological polar surface area (TPSA) is 86.9 Å². The van der Waals surface area contributed by atoms with Gasteiger partial charge in [0.1, 0.15) is 0 Å². The third kappa shape index (κ3) is 4.25. The summed E-state index contributed by atoms with van der Waals surface area (Å²) in [5.41, 5.74) is 7.57. The third-order valence-electron chi connectivity index (χ3n) is 4.76. The zero-order chi connectivity index (χ0) is 19.3. The first kappa shape index (κ1) is 20.0. The Hall–Kier alpha value is -2.34. The van der Waals surface area contributed by atoms with Gasteiger partial charge in [-0.3, -0.25) is 9.59 Å². The summed E-state index contributed by atoms with van der Waals surface area (Å²) in [4.78, 5) is 28.2. The highest BCUT2D eigenvalue weighted by Gasteiger charge is 2.41. The quantitative estimate of drug-likeness (QED) is 0.662. The molecule has 1 aliphatic heterocycles. The van der Waals surface area contributed by atoms with Gasteiger partial charge in [-0.25, -0.2) is 0 Å². The highest BCUT2D eigenvalue weighted by atomic mass is 16.3. The molecule has 0 aromatic heterocycles. The van der Waals surface area contributed by atoms with Gasteiger partial charge in [0.05, 0.1) is 11.6 Å². The lowest BCUT2D eigenvalue weighted by atomic mass is 9.96. The van der Waals surface area contributed by atoms with Crippen molar-refractivity contribution in [1.82, 2.24) is 4.90 Å². The number of carbonyl (C=O) groups excluding carboxylic acids is 2. The molecule has 2 rings (SSSR count). The second-order valence-corrected chi connectivity index (χ2v) is 6.91. The van der Waals surface area contributed by atoms with Crippen LogP contribution in [0.3, 0.4) is 0 Å². The van der Waals surface area contributed by atoms with Gasteiger partial charge in [-0.05, 0) is 44.0 Å². The van der Waals surface area contributed by atoms with E-state index in [0.717, 1.165) is 36.9 Å². The van der Waals surface area contributed by atoms with E-state index in [0.29, 0.717) is 13.1 Å². The molecular formula is C20H29N3O3. The number of nitrogens with two attached hydrogens (primary N) is 1. The number of amides is 1. The fraction of sp³-hybridized carbons (Fsp3) is 0.500. The molecule has 0 aliphatic carbocycles. The van der Waals surface area contributed by atoms with Crippen LogP contribution in [-0.2, 0) is 9.59 Å². The van der Waals surface area contributed by atoms with E-state index < -0.39 is 17.7 Å². The maximum absolute atomic E-state index is 12.5. The van der Waals surface area contributed by atoms with E-state index in [-0.39, 0.29) is 11.4 Å². The largest absolute Gasteiger partial charge is 0.503 e. The van der Waals surface area contributed by atoms with Crippen LogP contribution in [0.25, 0.3) is 0 Å². The molecule has 3 N–H and O–H groups in total. The lowest BCUT2D eigenvalue weighted by Crippen LogP contribution is -2.32. The van der Waals surface area contributed by atoms with E-state index in [9.17, 15) is 14.7 Å². The molecule has 0 bridgehead atoms. The summed E-state index contributed by atoms with van der Waals surface area (Å²) in [6, 6.07) is 7.20. The molecule has 142 valence electrons. The number of nitrogens with zero attached hydrogens (tertiary/aromatic N) is 2. The highest BCUT2D eigenvalue weighted by molar-refractivity contribution is 6.08. The number of unbranched alkanes of at least 4 members (excludes halogenated alkanes) is 3. The molecule has 0 saturated heterocycles. The number of aliphatic hydroxyl groups is 1. The maximum atomic E-state index is 12.5. The lowest BCUT2D eigenvalue weighted by molar-refractivity contribution is -0.129. The summed E-state index contributed by atoms with van der Waals surface area (Å²) in [5.74, 6) is -1.15. The molecule has 1 aromatic carbocycles. The molecule has 1 atom stereocenters. The third-order valence-corrected chi connectivity index (χ3v) is 4.76. The fourth-order valence-corrected chi connectivity index (χ4v) is 3.33. The summed E-state index contributed by atoms with van der Waals surface area (Å²) in [6.45, 7) is 2.56. The molecule has 1 amide bonds. The van der Waals surface area contributed by atoms with Gasteiger partial charge in [-0.1, -0.05) is 25.0 Å². The normalized spacial score (nSPS) is 17.2. The van der Waals surface area contributed by atoms with Gasteiger partial charge in [0.2, 0.25) is 0 Å². The zero-order valence-electron chi connectivity index (χ0n) is 15.9. The van der Waals surface area contributed by atoms with Crippen LogP contribution in [0.1, 0.15) is 44.2 Å². The number of ketones is 1. The summed E-state index contributed by atoms with van der Waals surface area (Å²) < 4.78 is 0. The Kier molecular flexibility index (Phi) is 6.80. The van der Waals surface area contributed by atoms with Crippen LogP contribution in [0, 0.1) is 0 Å². The SMILES string of the molecule is CC(=O)C1=C(O)C(=O)N(CCCCCCN)C1c1ccc(N(C)C)cc1. The molecule has 6 nitrogen and oxygen atoms in total. The van der Waals surface area contributed by atoms with Crippen LogP contribution in [0.15, 0.2) is 35.6 Å². The average Bonchev–Trinajstić information content (AvgIpc) is 2.86. The molecule has 1 aromatic rings. The van der Waals surface area contributed by atoms with Crippen molar-refractivity contribution in [2.45, 2.75) is 38.6 Å². The Morgan fingerprint density at radius 1 is 1.15 bits per heavy atom. The number of Topliss-reactive ketones (excluding diaryl/α,β-unsaturated/α-hetero) is 1. The van der Waals surface area contributed by atoms with Gasteiger partial charge >= 0.3 is 0 Å². The Labute approximate surface area is 155 Å². The van der Waals surface area contributed by atoms with E-state index in [1.165, 1.54) is 6.92 Å². The number of hydrogen-bond acceptors (Lipinski definition) is 5. The molecule has 0 saturated carbocycles. The molecule has 26 heavy (non-hydrogen) atoms. The zero-order valence-corrected chi connectivity index (χ0v) is 15.9. The summed E-state index contributed by atoms with van der Waals surface area (Å²) in [7, 11) is 3.91. The monoisotopic (exact) mass is 359 g/mol.